The maximum atomic E-state index is 12.0. The zero-order valence-corrected chi connectivity index (χ0v) is 17.5. The van der Waals surface area contributed by atoms with Crippen LogP contribution in [-0.2, 0) is 14.6 Å². The number of benzene rings is 3. The molecule has 0 bridgehead atoms. The van der Waals surface area contributed by atoms with Crippen LogP contribution in [0.3, 0.4) is 0 Å². The van der Waals surface area contributed by atoms with E-state index in [9.17, 15) is 13.2 Å². The molecule has 0 saturated carbocycles. The number of hydrogen-bond donors (Lipinski definition) is 1. The summed E-state index contributed by atoms with van der Waals surface area (Å²) in [5.74, 6) is -2.30. The Hall–Kier alpha value is -2.83. The summed E-state index contributed by atoms with van der Waals surface area (Å²) in [5.41, 5.74) is 4.88. The summed E-state index contributed by atoms with van der Waals surface area (Å²) in [4.78, 5) is 12.7. The molecular formula is C22H20ClNO4S. The lowest BCUT2D eigenvalue weighted by molar-refractivity contribution is -0.134. The first-order chi connectivity index (χ1) is 13.7. The average Bonchev–Trinajstić information content (AvgIpc) is 2.68. The van der Waals surface area contributed by atoms with Crippen molar-refractivity contribution in [1.29, 1.82) is 0 Å². The van der Waals surface area contributed by atoms with Crippen LogP contribution in [0.25, 0.3) is 11.1 Å². The zero-order valence-electron chi connectivity index (χ0n) is 16.0. The Morgan fingerprint density at radius 3 is 2.34 bits per heavy atom. The van der Waals surface area contributed by atoms with Crippen LogP contribution in [0.5, 0.6) is 0 Å². The van der Waals surface area contributed by atoms with Crippen molar-refractivity contribution in [3.8, 4) is 11.1 Å². The molecule has 0 saturated heterocycles. The van der Waals surface area contributed by atoms with Gasteiger partial charge in [0.15, 0.2) is 15.6 Å². The molecule has 0 radical (unpaired) electrons. The van der Waals surface area contributed by atoms with Crippen molar-refractivity contribution in [3.63, 3.8) is 0 Å². The van der Waals surface area contributed by atoms with Gasteiger partial charge in [0.25, 0.3) is 0 Å². The first-order valence-corrected chi connectivity index (χ1v) is 10.9. The number of nitrogens with zero attached hydrogens (tertiary/aromatic N) is 1. The molecule has 0 aliphatic carbocycles. The third-order valence-corrected chi connectivity index (χ3v) is 6.49. The molecule has 0 aromatic heterocycles. The van der Waals surface area contributed by atoms with Crippen molar-refractivity contribution in [2.24, 2.45) is 0 Å². The highest BCUT2D eigenvalue weighted by Crippen LogP contribution is 2.32. The lowest BCUT2D eigenvalue weighted by atomic mass is 10.00. The van der Waals surface area contributed by atoms with Gasteiger partial charge < -0.3 is 10.0 Å². The summed E-state index contributed by atoms with van der Waals surface area (Å²) in [6.45, 7) is 2.03. The average molecular weight is 430 g/mol. The van der Waals surface area contributed by atoms with Gasteiger partial charge in [-0.15, -0.1) is 0 Å². The first-order valence-electron chi connectivity index (χ1n) is 8.82. The Morgan fingerprint density at radius 2 is 1.69 bits per heavy atom. The van der Waals surface area contributed by atoms with E-state index >= 15 is 0 Å². The molecule has 0 amide bonds. The van der Waals surface area contributed by atoms with Gasteiger partial charge in [0.2, 0.25) is 0 Å². The molecule has 3 rings (SSSR count). The van der Waals surface area contributed by atoms with Crippen molar-refractivity contribution >= 4 is 38.8 Å². The lowest BCUT2D eigenvalue weighted by Gasteiger charge is -2.21. The molecule has 150 valence electrons. The highest BCUT2D eigenvalue weighted by Gasteiger charge is 2.19. The van der Waals surface area contributed by atoms with Gasteiger partial charge in [-0.1, -0.05) is 29.8 Å². The molecular weight excluding hydrogens is 410 g/mol. The second-order valence-electron chi connectivity index (χ2n) is 6.72. The van der Waals surface area contributed by atoms with Crippen LogP contribution in [0.4, 0.5) is 11.4 Å². The highest BCUT2D eigenvalue weighted by atomic mass is 35.5. The van der Waals surface area contributed by atoms with Crippen LogP contribution in [0.1, 0.15) is 5.56 Å². The monoisotopic (exact) mass is 429 g/mol. The van der Waals surface area contributed by atoms with Crippen molar-refractivity contribution in [2.75, 3.05) is 17.7 Å². The minimum absolute atomic E-state index is 0.0136. The second kappa shape index (κ2) is 8.27. The number of sulfone groups is 1. The van der Waals surface area contributed by atoms with Gasteiger partial charge >= 0.3 is 5.97 Å². The quantitative estimate of drug-likeness (QED) is 0.600. The van der Waals surface area contributed by atoms with Gasteiger partial charge in [0, 0.05) is 23.4 Å². The standard InChI is InChI=1S/C22H20ClNO4S/c1-15-6-7-17(23)13-21(15)16-4-3-5-19(12-16)24(2)18-8-10-20(11-9-18)29(27,28)14-22(25)26/h3-13H,14H2,1-2H3,(H,25,26). The maximum absolute atomic E-state index is 12.0. The van der Waals surface area contributed by atoms with E-state index in [0.29, 0.717) is 5.02 Å². The SMILES string of the molecule is Cc1ccc(Cl)cc1-c1cccc(N(C)c2ccc(S(=O)(=O)CC(=O)O)cc2)c1. The molecule has 1 N–H and O–H groups in total. The largest absolute Gasteiger partial charge is 0.480 e. The smallest absolute Gasteiger partial charge is 0.319 e. The van der Waals surface area contributed by atoms with Crippen molar-refractivity contribution in [3.05, 3.63) is 77.3 Å². The van der Waals surface area contributed by atoms with E-state index in [-0.39, 0.29) is 4.90 Å². The van der Waals surface area contributed by atoms with Gasteiger partial charge in [-0.3, -0.25) is 4.79 Å². The van der Waals surface area contributed by atoms with Crippen LogP contribution in [0.2, 0.25) is 5.02 Å². The number of rotatable bonds is 6. The van der Waals surface area contributed by atoms with Gasteiger partial charge in [-0.05, 0) is 72.1 Å². The molecule has 3 aromatic carbocycles. The number of halogens is 1. The van der Waals surface area contributed by atoms with Crippen LogP contribution < -0.4 is 4.90 Å². The van der Waals surface area contributed by atoms with E-state index in [0.717, 1.165) is 28.1 Å². The molecule has 0 unspecified atom stereocenters. The molecule has 7 heteroatoms. The fraction of sp³-hybridized carbons (Fsp3) is 0.136. The van der Waals surface area contributed by atoms with Crippen LogP contribution in [0, 0.1) is 6.92 Å². The summed E-state index contributed by atoms with van der Waals surface area (Å²) < 4.78 is 24.1. The summed E-state index contributed by atoms with van der Waals surface area (Å²) in [6, 6.07) is 19.9. The maximum Gasteiger partial charge on any atom is 0.319 e. The molecule has 5 nitrogen and oxygen atoms in total. The fourth-order valence-corrected chi connectivity index (χ4v) is 4.27. The summed E-state index contributed by atoms with van der Waals surface area (Å²) in [6.07, 6.45) is 0. The Balaban J connectivity index is 1.90. The molecule has 3 aromatic rings. The molecule has 0 atom stereocenters. The number of hydrogen-bond acceptors (Lipinski definition) is 4. The van der Waals surface area contributed by atoms with Crippen molar-refractivity contribution in [2.45, 2.75) is 11.8 Å². The lowest BCUT2D eigenvalue weighted by Crippen LogP contribution is -2.15. The van der Waals surface area contributed by atoms with Gasteiger partial charge in [-0.2, -0.15) is 0 Å². The normalized spacial score (nSPS) is 11.3. The number of aliphatic carboxylic acids is 1. The molecule has 0 aliphatic heterocycles. The second-order valence-corrected chi connectivity index (χ2v) is 9.14. The number of carboxylic acids is 1. The number of carboxylic acid groups (broad SMARTS) is 1. The van der Waals surface area contributed by atoms with Gasteiger partial charge in [-0.25, -0.2) is 8.42 Å². The zero-order chi connectivity index (χ0) is 21.2. The number of anilines is 2. The predicted octanol–water partition coefficient (Wildman–Crippen LogP) is 4.94. The van der Waals surface area contributed by atoms with Crippen LogP contribution in [-0.4, -0.2) is 32.3 Å². The number of carbonyl (C=O) groups is 1. The first kappa shape index (κ1) is 20.9. The summed E-state index contributed by atoms with van der Waals surface area (Å²) in [5, 5.41) is 9.43. The molecule has 29 heavy (non-hydrogen) atoms. The predicted molar refractivity (Wildman–Crippen MR) is 116 cm³/mol. The topological polar surface area (TPSA) is 74.7 Å². The van der Waals surface area contributed by atoms with Crippen molar-refractivity contribution < 1.29 is 18.3 Å². The molecule has 0 fully saturated rings. The minimum Gasteiger partial charge on any atom is -0.480 e. The molecule has 0 heterocycles. The number of aryl methyl sites for hydroxylation is 1. The van der Waals surface area contributed by atoms with Crippen molar-refractivity contribution in [1.82, 2.24) is 0 Å². The third-order valence-electron chi connectivity index (χ3n) is 4.64. The highest BCUT2D eigenvalue weighted by molar-refractivity contribution is 7.92. The minimum atomic E-state index is -3.85. The Bertz CT molecular complexity index is 1160. The Morgan fingerprint density at radius 1 is 1.00 bits per heavy atom. The van der Waals surface area contributed by atoms with Crippen LogP contribution >= 0.6 is 11.6 Å². The Kier molecular flexibility index (Phi) is 5.96. The molecule has 0 aliphatic rings. The van der Waals surface area contributed by atoms with E-state index in [4.69, 9.17) is 16.7 Å². The van der Waals surface area contributed by atoms with E-state index < -0.39 is 21.6 Å². The summed E-state index contributed by atoms with van der Waals surface area (Å²) in [7, 11) is -1.97. The molecule has 0 spiro atoms. The van der Waals surface area contributed by atoms with E-state index in [1.807, 2.05) is 61.3 Å². The van der Waals surface area contributed by atoms with E-state index in [2.05, 4.69) is 0 Å². The Labute approximate surface area is 175 Å². The summed E-state index contributed by atoms with van der Waals surface area (Å²) >= 11 is 6.15. The third kappa shape index (κ3) is 4.78. The fourth-order valence-electron chi connectivity index (χ4n) is 3.06. The van der Waals surface area contributed by atoms with Gasteiger partial charge in [0.1, 0.15) is 0 Å². The van der Waals surface area contributed by atoms with E-state index in [1.54, 1.807) is 12.1 Å². The van der Waals surface area contributed by atoms with Gasteiger partial charge in [0.05, 0.1) is 4.90 Å². The van der Waals surface area contributed by atoms with Crippen LogP contribution in [0.15, 0.2) is 71.6 Å². The van der Waals surface area contributed by atoms with E-state index in [1.165, 1.54) is 12.1 Å².